The van der Waals surface area contributed by atoms with Gasteiger partial charge in [-0.25, -0.2) is 0 Å². The van der Waals surface area contributed by atoms with Gasteiger partial charge in [-0.15, -0.1) is 0 Å². The van der Waals surface area contributed by atoms with E-state index < -0.39 is 0 Å². The largest absolute Gasteiger partial charge is 0.305 e. The molecule has 0 aliphatic carbocycles. The van der Waals surface area contributed by atoms with Crippen molar-refractivity contribution >= 4 is 10.9 Å². The van der Waals surface area contributed by atoms with Crippen LogP contribution >= 0.6 is 0 Å². The fourth-order valence-corrected chi connectivity index (χ4v) is 2.62. The van der Waals surface area contributed by atoms with Gasteiger partial charge < -0.3 is 5.32 Å². The minimum Gasteiger partial charge on any atom is -0.305 e. The molecule has 4 heteroatoms. The highest BCUT2D eigenvalue weighted by Crippen LogP contribution is 2.27. The van der Waals surface area contributed by atoms with Crippen LogP contribution in [0.3, 0.4) is 0 Å². The highest BCUT2D eigenvalue weighted by atomic mass is 15.3. The van der Waals surface area contributed by atoms with E-state index in [0.717, 1.165) is 24.2 Å². The van der Waals surface area contributed by atoms with Gasteiger partial charge in [0.25, 0.3) is 0 Å². The number of hydrogen-bond acceptors (Lipinski definition) is 3. The molecule has 4 nitrogen and oxygen atoms in total. The molecule has 0 saturated carbocycles. The third-order valence-corrected chi connectivity index (χ3v) is 3.62. The molecule has 0 bridgehead atoms. The average Bonchev–Trinajstić information content (AvgIpc) is 2.94. The van der Waals surface area contributed by atoms with Gasteiger partial charge >= 0.3 is 0 Å². The number of aryl methyl sites for hydroxylation is 1. The van der Waals surface area contributed by atoms with Crippen molar-refractivity contribution in [3.63, 3.8) is 0 Å². The Balaban J connectivity index is 2.09. The molecule has 0 aliphatic rings. The van der Waals surface area contributed by atoms with E-state index in [4.69, 9.17) is 0 Å². The quantitative estimate of drug-likeness (QED) is 0.781. The summed E-state index contributed by atoms with van der Waals surface area (Å²) in [5, 5.41) is 9.36. The Kier molecular flexibility index (Phi) is 3.97. The van der Waals surface area contributed by atoms with Gasteiger partial charge in [0.15, 0.2) is 0 Å². The lowest BCUT2D eigenvalue weighted by atomic mass is 9.99. The van der Waals surface area contributed by atoms with E-state index in [9.17, 15) is 0 Å². The van der Waals surface area contributed by atoms with Crippen LogP contribution < -0.4 is 5.32 Å². The molecule has 1 unspecified atom stereocenters. The molecule has 21 heavy (non-hydrogen) atoms. The summed E-state index contributed by atoms with van der Waals surface area (Å²) in [6.07, 6.45) is 4.95. The van der Waals surface area contributed by atoms with Gasteiger partial charge in [0.05, 0.1) is 17.3 Å². The van der Waals surface area contributed by atoms with Crippen LogP contribution in [0.1, 0.15) is 30.6 Å². The van der Waals surface area contributed by atoms with E-state index in [0.29, 0.717) is 0 Å². The highest BCUT2D eigenvalue weighted by molar-refractivity contribution is 5.82. The summed E-state index contributed by atoms with van der Waals surface area (Å²) < 4.78 is 1.85. The number of nitrogens with zero attached hydrogens (tertiary/aromatic N) is 3. The number of aromatic nitrogens is 3. The van der Waals surface area contributed by atoms with Crippen LogP contribution in [0.2, 0.25) is 0 Å². The fraction of sp³-hybridized carbons (Fsp3) is 0.294. The number of nitrogens with one attached hydrogen (secondary N) is 1. The first kappa shape index (κ1) is 13.8. The van der Waals surface area contributed by atoms with E-state index in [1.165, 1.54) is 10.9 Å². The number of para-hydroxylation sites is 1. The molecule has 0 radical (unpaired) electrons. The fourth-order valence-electron chi connectivity index (χ4n) is 2.62. The molecular weight excluding hydrogens is 260 g/mol. The van der Waals surface area contributed by atoms with Crippen molar-refractivity contribution < 1.29 is 0 Å². The monoisotopic (exact) mass is 280 g/mol. The third kappa shape index (κ3) is 2.81. The summed E-state index contributed by atoms with van der Waals surface area (Å²) in [4.78, 5) is 4.45. The molecule has 108 valence electrons. The molecule has 1 atom stereocenters. The third-order valence-electron chi connectivity index (χ3n) is 3.62. The lowest BCUT2D eigenvalue weighted by molar-refractivity contribution is 0.578. The average molecular weight is 280 g/mol. The van der Waals surface area contributed by atoms with Gasteiger partial charge in [-0.05, 0) is 36.7 Å². The smallest absolute Gasteiger partial charge is 0.0839 e. The Bertz CT molecular complexity index is 727. The number of pyridine rings is 1. The van der Waals surface area contributed by atoms with Crippen LogP contribution in [0.5, 0.6) is 0 Å². The van der Waals surface area contributed by atoms with Crippen LogP contribution in [-0.2, 0) is 7.05 Å². The van der Waals surface area contributed by atoms with E-state index >= 15 is 0 Å². The van der Waals surface area contributed by atoms with Gasteiger partial charge in [-0.1, -0.05) is 25.1 Å². The summed E-state index contributed by atoms with van der Waals surface area (Å²) in [6, 6.07) is 12.5. The molecule has 1 N–H and O–H groups in total. The molecule has 0 fully saturated rings. The first-order valence-electron chi connectivity index (χ1n) is 7.36. The summed E-state index contributed by atoms with van der Waals surface area (Å²) >= 11 is 0. The number of fused-ring (bicyclic) bond motifs is 1. The van der Waals surface area contributed by atoms with Crippen molar-refractivity contribution in [2.75, 3.05) is 6.54 Å². The lowest BCUT2D eigenvalue weighted by Crippen LogP contribution is -2.24. The van der Waals surface area contributed by atoms with Crippen molar-refractivity contribution in [3.8, 4) is 0 Å². The van der Waals surface area contributed by atoms with E-state index in [-0.39, 0.29) is 6.04 Å². The number of benzene rings is 1. The maximum atomic E-state index is 4.58. The Morgan fingerprint density at radius 2 is 2.05 bits per heavy atom. The SMILES string of the molecule is CCCNC(c1ccn(C)n1)c1ccnc2ccccc12. The van der Waals surface area contributed by atoms with Crippen LogP contribution in [0.15, 0.2) is 48.8 Å². The second kappa shape index (κ2) is 6.06. The van der Waals surface area contributed by atoms with Crippen LogP contribution in [-0.4, -0.2) is 21.3 Å². The molecule has 0 aliphatic heterocycles. The van der Waals surface area contributed by atoms with E-state index in [1.54, 1.807) is 0 Å². The van der Waals surface area contributed by atoms with Crippen molar-refractivity contribution in [1.29, 1.82) is 0 Å². The maximum absolute atomic E-state index is 4.58. The zero-order valence-corrected chi connectivity index (χ0v) is 12.5. The molecule has 2 aromatic heterocycles. The van der Waals surface area contributed by atoms with Gasteiger partial charge in [-0.3, -0.25) is 9.67 Å². The summed E-state index contributed by atoms with van der Waals surface area (Å²) in [6.45, 7) is 3.13. The lowest BCUT2D eigenvalue weighted by Gasteiger charge is -2.18. The van der Waals surface area contributed by atoms with Crippen molar-refractivity contribution in [2.45, 2.75) is 19.4 Å². The van der Waals surface area contributed by atoms with Crippen LogP contribution in [0.25, 0.3) is 10.9 Å². The maximum Gasteiger partial charge on any atom is 0.0839 e. The molecule has 3 rings (SSSR count). The van der Waals surface area contributed by atoms with Crippen molar-refractivity contribution in [3.05, 3.63) is 60.0 Å². The predicted molar refractivity (Wildman–Crippen MR) is 85.1 cm³/mol. The van der Waals surface area contributed by atoms with Crippen molar-refractivity contribution in [1.82, 2.24) is 20.1 Å². The summed E-state index contributed by atoms with van der Waals surface area (Å²) in [7, 11) is 1.95. The Hall–Kier alpha value is -2.20. The molecule has 2 heterocycles. The molecule has 0 spiro atoms. The van der Waals surface area contributed by atoms with Crippen molar-refractivity contribution in [2.24, 2.45) is 7.05 Å². The first-order chi connectivity index (χ1) is 10.3. The van der Waals surface area contributed by atoms with Gasteiger partial charge in [0, 0.05) is 24.8 Å². The van der Waals surface area contributed by atoms with Gasteiger partial charge in [0.2, 0.25) is 0 Å². The molecule has 3 aromatic rings. The van der Waals surface area contributed by atoms with Gasteiger partial charge in [0.1, 0.15) is 0 Å². The number of rotatable bonds is 5. The highest BCUT2D eigenvalue weighted by Gasteiger charge is 2.18. The van der Waals surface area contributed by atoms with E-state index in [1.807, 2.05) is 36.3 Å². The Labute approximate surface area is 124 Å². The molecule has 0 amide bonds. The topological polar surface area (TPSA) is 42.7 Å². The van der Waals surface area contributed by atoms with E-state index in [2.05, 4.69) is 46.6 Å². The normalized spacial score (nSPS) is 12.7. The molecular formula is C17H20N4. The second-order valence-electron chi connectivity index (χ2n) is 5.22. The predicted octanol–water partition coefficient (Wildman–Crippen LogP) is 3.06. The zero-order chi connectivity index (χ0) is 14.7. The van der Waals surface area contributed by atoms with Crippen LogP contribution in [0, 0.1) is 0 Å². The minimum absolute atomic E-state index is 0.0963. The Morgan fingerprint density at radius 1 is 1.19 bits per heavy atom. The zero-order valence-electron chi connectivity index (χ0n) is 12.5. The summed E-state index contributed by atoms with van der Waals surface area (Å²) in [5.41, 5.74) is 3.30. The van der Waals surface area contributed by atoms with Crippen LogP contribution in [0.4, 0.5) is 0 Å². The number of hydrogen-bond donors (Lipinski definition) is 1. The molecule has 0 saturated heterocycles. The Morgan fingerprint density at radius 3 is 2.81 bits per heavy atom. The summed E-state index contributed by atoms with van der Waals surface area (Å²) in [5.74, 6) is 0. The second-order valence-corrected chi connectivity index (χ2v) is 5.22. The van der Waals surface area contributed by atoms with Gasteiger partial charge in [-0.2, -0.15) is 5.10 Å². The minimum atomic E-state index is 0.0963. The first-order valence-corrected chi connectivity index (χ1v) is 7.36. The standard InChI is InChI=1S/C17H20N4/c1-3-10-19-17(16-9-12-21(2)20-16)14-8-11-18-15-7-5-4-6-13(14)15/h4-9,11-12,17,19H,3,10H2,1-2H3. The molecule has 1 aromatic carbocycles.